The molecule has 2 nitrogen and oxygen atoms in total. The zero-order valence-corrected chi connectivity index (χ0v) is 13.2. The van der Waals surface area contributed by atoms with Crippen LogP contribution >= 0.6 is 31.9 Å². The Hall–Kier alpha value is -0.840. The SMILES string of the molecule is Brc1ccc2c(c1)c1cc(Br)ccc1n2C[C@@H]1CO1. The van der Waals surface area contributed by atoms with E-state index in [1.165, 1.54) is 21.8 Å². The number of benzene rings is 2. The van der Waals surface area contributed by atoms with Gasteiger partial charge in [-0.05, 0) is 36.4 Å². The minimum absolute atomic E-state index is 0.381. The highest BCUT2D eigenvalue weighted by atomic mass is 79.9. The van der Waals surface area contributed by atoms with Crippen molar-refractivity contribution in [3.05, 3.63) is 45.3 Å². The van der Waals surface area contributed by atoms with Gasteiger partial charge in [0.1, 0.15) is 0 Å². The molecule has 1 aliphatic heterocycles. The number of hydrogen-bond acceptors (Lipinski definition) is 1. The average Bonchev–Trinajstić information content (AvgIpc) is 3.16. The summed E-state index contributed by atoms with van der Waals surface area (Å²) in [6, 6.07) is 12.9. The molecule has 1 atom stereocenters. The first kappa shape index (κ1) is 11.9. The molecule has 1 saturated heterocycles. The van der Waals surface area contributed by atoms with Gasteiger partial charge in [-0.15, -0.1) is 0 Å². The number of rotatable bonds is 2. The Morgan fingerprint density at radius 3 is 2.00 bits per heavy atom. The number of aromatic nitrogens is 1. The fraction of sp³-hybridized carbons (Fsp3) is 0.200. The van der Waals surface area contributed by atoms with Crippen LogP contribution in [0.5, 0.6) is 0 Å². The van der Waals surface area contributed by atoms with Crippen LogP contribution in [0.2, 0.25) is 0 Å². The highest BCUT2D eigenvalue weighted by Gasteiger charge is 2.24. The topological polar surface area (TPSA) is 17.5 Å². The molecule has 1 aromatic heterocycles. The first-order valence-electron chi connectivity index (χ1n) is 6.21. The maximum Gasteiger partial charge on any atom is 0.0988 e. The quantitative estimate of drug-likeness (QED) is 0.588. The molecule has 0 radical (unpaired) electrons. The molecule has 96 valence electrons. The molecule has 3 aromatic rings. The lowest BCUT2D eigenvalue weighted by molar-refractivity contribution is 0.387. The maximum atomic E-state index is 5.39. The van der Waals surface area contributed by atoms with Gasteiger partial charge in [-0.3, -0.25) is 0 Å². The highest BCUT2D eigenvalue weighted by molar-refractivity contribution is 9.10. The number of ether oxygens (including phenoxy) is 1. The number of halogens is 2. The summed E-state index contributed by atoms with van der Waals surface area (Å²) in [6.45, 7) is 1.82. The predicted molar refractivity (Wildman–Crippen MR) is 84.6 cm³/mol. The average molecular weight is 381 g/mol. The Morgan fingerprint density at radius 1 is 1.00 bits per heavy atom. The second-order valence-electron chi connectivity index (χ2n) is 4.89. The lowest BCUT2D eigenvalue weighted by atomic mass is 10.2. The Bertz CT molecular complexity index is 730. The molecule has 0 spiro atoms. The Labute approximate surface area is 127 Å². The minimum atomic E-state index is 0.381. The van der Waals surface area contributed by atoms with Crippen LogP contribution in [0.1, 0.15) is 0 Å². The predicted octanol–water partition coefficient (Wildman–Crippen LogP) is 4.72. The molecular weight excluding hydrogens is 370 g/mol. The normalized spacial score (nSPS) is 18.3. The Morgan fingerprint density at radius 2 is 1.53 bits per heavy atom. The minimum Gasteiger partial charge on any atom is -0.371 e. The van der Waals surface area contributed by atoms with Crippen LogP contribution in [0.3, 0.4) is 0 Å². The summed E-state index contributed by atoms with van der Waals surface area (Å²) in [5.74, 6) is 0. The second kappa shape index (κ2) is 4.33. The van der Waals surface area contributed by atoms with E-state index in [-0.39, 0.29) is 0 Å². The molecule has 0 N–H and O–H groups in total. The number of nitrogens with zero attached hydrogens (tertiary/aromatic N) is 1. The molecular formula is C15H11Br2NO. The summed E-state index contributed by atoms with van der Waals surface area (Å²) in [4.78, 5) is 0. The van der Waals surface area contributed by atoms with Crippen LogP contribution in [0.4, 0.5) is 0 Å². The third-order valence-corrected chi connectivity index (χ3v) is 4.56. The first-order valence-corrected chi connectivity index (χ1v) is 7.79. The molecule has 19 heavy (non-hydrogen) atoms. The number of hydrogen-bond donors (Lipinski definition) is 0. The van der Waals surface area contributed by atoms with E-state index in [0.717, 1.165) is 22.1 Å². The van der Waals surface area contributed by atoms with Gasteiger partial charge in [0.2, 0.25) is 0 Å². The number of fused-ring (bicyclic) bond motifs is 3. The van der Waals surface area contributed by atoms with Gasteiger partial charge in [0.25, 0.3) is 0 Å². The van der Waals surface area contributed by atoms with E-state index in [0.29, 0.717) is 6.10 Å². The summed E-state index contributed by atoms with van der Waals surface area (Å²) in [6.07, 6.45) is 0.381. The van der Waals surface area contributed by atoms with Crippen molar-refractivity contribution < 1.29 is 4.74 Å². The molecule has 2 heterocycles. The van der Waals surface area contributed by atoms with Gasteiger partial charge in [0.05, 0.1) is 19.3 Å². The smallest absolute Gasteiger partial charge is 0.0988 e. The van der Waals surface area contributed by atoms with Crippen molar-refractivity contribution in [2.24, 2.45) is 0 Å². The van der Waals surface area contributed by atoms with Gasteiger partial charge in [-0.1, -0.05) is 31.9 Å². The van der Waals surface area contributed by atoms with E-state index < -0.39 is 0 Å². The van der Waals surface area contributed by atoms with Gasteiger partial charge in [-0.25, -0.2) is 0 Å². The van der Waals surface area contributed by atoms with Crippen molar-refractivity contribution in [1.82, 2.24) is 4.57 Å². The molecule has 1 fully saturated rings. The van der Waals surface area contributed by atoms with Crippen molar-refractivity contribution in [1.29, 1.82) is 0 Å². The standard InChI is InChI=1S/C15H11Br2NO/c16-9-1-3-14-12(5-9)13-6-10(17)2-4-15(13)18(14)7-11-8-19-11/h1-6,11H,7-8H2/t11-/m1/s1. The zero-order chi connectivity index (χ0) is 13.0. The lowest BCUT2D eigenvalue weighted by Gasteiger charge is -2.04. The highest BCUT2D eigenvalue weighted by Crippen LogP contribution is 2.33. The maximum absolute atomic E-state index is 5.39. The van der Waals surface area contributed by atoms with E-state index in [9.17, 15) is 0 Å². The number of epoxide rings is 1. The molecule has 2 aromatic carbocycles. The van der Waals surface area contributed by atoms with E-state index in [2.05, 4.69) is 72.8 Å². The molecule has 0 amide bonds. The summed E-state index contributed by atoms with van der Waals surface area (Å²) < 4.78 is 9.98. The van der Waals surface area contributed by atoms with Crippen molar-refractivity contribution in [2.75, 3.05) is 6.61 Å². The largest absolute Gasteiger partial charge is 0.371 e. The zero-order valence-electron chi connectivity index (χ0n) is 10.1. The van der Waals surface area contributed by atoms with Gasteiger partial charge in [0.15, 0.2) is 0 Å². The van der Waals surface area contributed by atoms with E-state index in [4.69, 9.17) is 4.74 Å². The Balaban J connectivity index is 2.09. The second-order valence-corrected chi connectivity index (χ2v) is 6.72. The van der Waals surface area contributed by atoms with E-state index in [1.807, 2.05) is 0 Å². The van der Waals surface area contributed by atoms with Gasteiger partial charge in [-0.2, -0.15) is 0 Å². The molecule has 0 bridgehead atoms. The Kier molecular flexibility index (Phi) is 2.72. The van der Waals surface area contributed by atoms with Crippen molar-refractivity contribution in [3.8, 4) is 0 Å². The molecule has 0 saturated carbocycles. The lowest BCUT2D eigenvalue weighted by Crippen LogP contribution is -2.03. The van der Waals surface area contributed by atoms with Crippen molar-refractivity contribution in [2.45, 2.75) is 12.6 Å². The molecule has 1 aliphatic rings. The van der Waals surface area contributed by atoms with Crippen LogP contribution in [0.15, 0.2) is 45.3 Å². The fourth-order valence-corrected chi connectivity index (χ4v) is 3.34. The fourth-order valence-electron chi connectivity index (χ4n) is 2.62. The third kappa shape index (κ3) is 2.02. The van der Waals surface area contributed by atoms with Crippen LogP contribution in [-0.4, -0.2) is 17.3 Å². The van der Waals surface area contributed by atoms with E-state index >= 15 is 0 Å². The van der Waals surface area contributed by atoms with Gasteiger partial charge < -0.3 is 9.30 Å². The molecule has 0 aliphatic carbocycles. The summed E-state index contributed by atoms with van der Waals surface area (Å²) >= 11 is 7.13. The monoisotopic (exact) mass is 379 g/mol. The molecule has 4 rings (SSSR count). The summed E-state index contributed by atoms with van der Waals surface area (Å²) in [5, 5.41) is 2.57. The van der Waals surface area contributed by atoms with Crippen molar-refractivity contribution >= 4 is 53.7 Å². The summed E-state index contributed by atoms with van der Waals surface area (Å²) in [7, 11) is 0. The summed E-state index contributed by atoms with van der Waals surface area (Å²) in [5.41, 5.74) is 2.54. The van der Waals surface area contributed by atoms with Crippen LogP contribution < -0.4 is 0 Å². The van der Waals surface area contributed by atoms with Crippen LogP contribution in [0, 0.1) is 0 Å². The molecule has 4 heteroatoms. The van der Waals surface area contributed by atoms with Gasteiger partial charge >= 0.3 is 0 Å². The first-order chi connectivity index (χ1) is 9.22. The van der Waals surface area contributed by atoms with E-state index in [1.54, 1.807) is 0 Å². The molecule has 0 unspecified atom stereocenters. The third-order valence-electron chi connectivity index (χ3n) is 3.58. The van der Waals surface area contributed by atoms with Crippen LogP contribution in [-0.2, 0) is 11.3 Å². The van der Waals surface area contributed by atoms with Crippen LogP contribution in [0.25, 0.3) is 21.8 Å². The van der Waals surface area contributed by atoms with Crippen molar-refractivity contribution in [3.63, 3.8) is 0 Å². The van der Waals surface area contributed by atoms with Gasteiger partial charge in [0, 0.05) is 30.8 Å².